The van der Waals surface area contributed by atoms with Crippen molar-refractivity contribution < 1.29 is 19.4 Å². The minimum atomic E-state index is -0.738. The maximum atomic E-state index is 11.3. The third-order valence-corrected chi connectivity index (χ3v) is 3.70. The molecule has 0 bridgehead atoms. The van der Waals surface area contributed by atoms with Crippen molar-refractivity contribution in [2.75, 3.05) is 19.0 Å². The molecule has 1 aliphatic rings. The van der Waals surface area contributed by atoms with Gasteiger partial charge in [-0.2, -0.15) is 0 Å². The normalized spacial score (nSPS) is 16.3. The SMILES string of the molecule is COC(=O)c1ccc(NCC2(C(=O)O)CCC2)cc1. The summed E-state index contributed by atoms with van der Waals surface area (Å²) in [5.41, 5.74) is 0.658. The zero-order valence-corrected chi connectivity index (χ0v) is 10.8. The number of methoxy groups -OCH3 is 1. The Bertz CT molecular complexity index is 477. The zero-order chi connectivity index (χ0) is 13.9. The first-order valence-corrected chi connectivity index (χ1v) is 6.23. The molecule has 1 fully saturated rings. The summed E-state index contributed by atoms with van der Waals surface area (Å²) in [6.45, 7) is 0.417. The van der Waals surface area contributed by atoms with Crippen molar-refractivity contribution in [3.63, 3.8) is 0 Å². The molecule has 1 aromatic carbocycles. The molecule has 2 rings (SSSR count). The minimum absolute atomic E-state index is 0.382. The molecule has 0 radical (unpaired) electrons. The van der Waals surface area contributed by atoms with E-state index in [9.17, 15) is 14.7 Å². The van der Waals surface area contributed by atoms with Crippen LogP contribution in [-0.4, -0.2) is 30.7 Å². The van der Waals surface area contributed by atoms with E-state index in [4.69, 9.17) is 0 Å². The number of aliphatic carboxylic acids is 1. The third kappa shape index (κ3) is 2.70. The van der Waals surface area contributed by atoms with Crippen LogP contribution in [0.4, 0.5) is 5.69 Å². The fraction of sp³-hybridized carbons (Fsp3) is 0.429. The number of carboxylic acids is 1. The van der Waals surface area contributed by atoms with Crippen LogP contribution in [0.5, 0.6) is 0 Å². The van der Waals surface area contributed by atoms with Crippen molar-refractivity contribution in [3.05, 3.63) is 29.8 Å². The van der Waals surface area contributed by atoms with Crippen molar-refractivity contribution in [2.24, 2.45) is 5.41 Å². The number of hydrogen-bond donors (Lipinski definition) is 2. The predicted octanol–water partition coefficient (Wildman–Crippen LogP) is 2.14. The molecule has 0 heterocycles. The molecule has 19 heavy (non-hydrogen) atoms. The highest BCUT2D eigenvalue weighted by molar-refractivity contribution is 5.89. The summed E-state index contributed by atoms with van der Waals surface area (Å²) in [4.78, 5) is 22.5. The van der Waals surface area contributed by atoms with Crippen LogP contribution in [0, 0.1) is 5.41 Å². The van der Waals surface area contributed by atoms with Crippen LogP contribution in [0.15, 0.2) is 24.3 Å². The van der Waals surface area contributed by atoms with Crippen LogP contribution < -0.4 is 5.32 Å². The van der Waals surface area contributed by atoms with Gasteiger partial charge in [-0.15, -0.1) is 0 Å². The highest BCUT2D eigenvalue weighted by Crippen LogP contribution is 2.41. The maximum absolute atomic E-state index is 11.3. The molecule has 0 aliphatic heterocycles. The smallest absolute Gasteiger partial charge is 0.337 e. The van der Waals surface area contributed by atoms with Gasteiger partial charge in [0.05, 0.1) is 18.1 Å². The summed E-state index contributed by atoms with van der Waals surface area (Å²) in [7, 11) is 1.34. The Kier molecular flexibility index (Phi) is 3.74. The van der Waals surface area contributed by atoms with Crippen LogP contribution in [0.25, 0.3) is 0 Å². The largest absolute Gasteiger partial charge is 0.481 e. The van der Waals surface area contributed by atoms with E-state index in [-0.39, 0.29) is 5.97 Å². The van der Waals surface area contributed by atoms with Gasteiger partial charge < -0.3 is 15.2 Å². The topological polar surface area (TPSA) is 75.6 Å². The fourth-order valence-electron chi connectivity index (χ4n) is 2.18. The van der Waals surface area contributed by atoms with Gasteiger partial charge in [0.2, 0.25) is 0 Å². The second-order valence-electron chi connectivity index (χ2n) is 4.86. The highest BCUT2D eigenvalue weighted by atomic mass is 16.5. The minimum Gasteiger partial charge on any atom is -0.481 e. The van der Waals surface area contributed by atoms with E-state index in [0.717, 1.165) is 24.9 Å². The number of esters is 1. The first-order chi connectivity index (χ1) is 9.07. The van der Waals surface area contributed by atoms with E-state index < -0.39 is 11.4 Å². The fourth-order valence-corrected chi connectivity index (χ4v) is 2.18. The number of carbonyl (C=O) groups excluding carboxylic acids is 1. The summed E-state index contributed by atoms with van der Waals surface area (Å²) in [5, 5.41) is 12.3. The predicted molar refractivity (Wildman–Crippen MR) is 70.2 cm³/mol. The van der Waals surface area contributed by atoms with Gasteiger partial charge in [0, 0.05) is 12.2 Å². The van der Waals surface area contributed by atoms with Crippen molar-refractivity contribution in [1.29, 1.82) is 0 Å². The van der Waals surface area contributed by atoms with Gasteiger partial charge in [0.15, 0.2) is 0 Å². The summed E-state index contributed by atoms with van der Waals surface area (Å²) in [6.07, 6.45) is 2.40. The van der Waals surface area contributed by atoms with Gasteiger partial charge in [-0.1, -0.05) is 6.42 Å². The van der Waals surface area contributed by atoms with Crippen molar-refractivity contribution >= 4 is 17.6 Å². The molecule has 5 heteroatoms. The van der Waals surface area contributed by atoms with E-state index in [0.29, 0.717) is 12.1 Å². The first-order valence-electron chi connectivity index (χ1n) is 6.23. The lowest BCUT2D eigenvalue weighted by molar-refractivity contribution is -0.153. The molecule has 0 unspecified atom stereocenters. The van der Waals surface area contributed by atoms with Crippen molar-refractivity contribution in [3.8, 4) is 0 Å². The average Bonchev–Trinajstić information content (AvgIpc) is 2.37. The molecule has 0 spiro atoms. The van der Waals surface area contributed by atoms with Gasteiger partial charge >= 0.3 is 11.9 Å². The van der Waals surface area contributed by atoms with Gasteiger partial charge in [-0.3, -0.25) is 4.79 Å². The number of benzene rings is 1. The van der Waals surface area contributed by atoms with E-state index in [2.05, 4.69) is 10.1 Å². The summed E-state index contributed by atoms with van der Waals surface area (Å²) < 4.78 is 4.61. The molecule has 1 saturated carbocycles. The van der Waals surface area contributed by atoms with Gasteiger partial charge in [0.1, 0.15) is 0 Å². The van der Waals surface area contributed by atoms with Crippen molar-refractivity contribution in [2.45, 2.75) is 19.3 Å². The van der Waals surface area contributed by atoms with Crippen LogP contribution >= 0.6 is 0 Å². The van der Waals surface area contributed by atoms with Crippen LogP contribution in [0.2, 0.25) is 0 Å². The molecular weight excluding hydrogens is 246 g/mol. The molecule has 0 saturated heterocycles. The molecular formula is C14H17NO4. The molecule has 1 aliphatic carbocycles. The summed E-state index contributed by atoms with van der Waals surface area (Å²) >= 11 is 0. The molecule has 5 nitrogen and oxygen atoms in total. The first kappa shape index (κ1) is 13.4. The molecule has 0 atom stereocenters. The van der Waals surface area contributed by atoms with Crippen LogP contribution in [0.1, 0.15) is 29.6 Å². The number of ether oxygens (including phenoxy) is 1. The second kappa shape index (κ2) is 5.30. The molecule has 1 aromatic rings. The standard InChI is InChI=1S/C14H17NO4/c1-19-12(16)10-3-5-11(6-4-10)15-9-14(13(17)18)7-2-8-14/h3-6,15H,2,7-9H2,1H3,(H,17,18). The maximum Gasteiger partial charge on any atom is 0.337 e. The second-order valence-corrected chi connectivity index (χ2v) is 4.86. The Balaban J connectivity index is 1.97. The van der Waals surface area contributed by atoms with E-state index in [1.54, 1.807) is 24.3 Å². The summed E-state index contributed by atoms with van der Waals surface area (Å²) in [5.74, 6) is -1.12. The monoisotopic (exact) mass is 263 g/mol. The molecule has 0 aromatic heterocycles. The Morgan fingerprint density at radius 2 is 1.95 bits per heavy atom. The number of hydrogen-bond acceptors (Lipinski definition) is 4. The molecule has 2 N–H and O–H groups in total. The van der Waals surface area contributed by atoms with Gasteiger partial charge in [-0.25, -0.2) is 4.79 Å². The lowest BCUT2D eigenvalue weighted by Crippen LogP contribution is -2.43. The van der Waals surface area contributed by atoms with Crippen molar-refractivity contribution in [1.82, 2.24) is 0 Å². The van der Waals surface area contributed by atoms with E-state index in [1.807, 2.05) is 0 Å². The summed E-state index contributed by atoms with van der Waals surface area (Å²) in [6, 6.07) is 6.81. The lowest BCUT2D eigenvalue weighted by Gasteiger charge is -2.37. The number of anilines is 1. The Morgan fingerprint density at radius 3 is 2.37 bits per heavy atom. The number of carbonyl (C=O) groups is 2. The highest BCUT2D eigenvalue weighted by Gasteiger charge is 2.44. The third-order valence-electron chi connectivity index (χ3n) is 3.70. The molecule has 102 valence electrons. The Morgan fingerprint density at radius 1 is 1.32 bits per heavy atom. The number of nitrogens with one attached hydrogen (secondary N) is 1. The average molecular weight is 263 g/mol. The Labute approximate surface area is 111 Å². The van der Waals surface area contributed by atoms with Crippen LogP contribution in [0.3, 0.4) is 0 Å². The quantitative estimate of drug-likeness (QED) is 0.796. The number of carboxylic acid groups (broad SMARTS) is 1. The van der Waals surface area contributed by atoms with Gasteiger partial charge in [-0.05, 0) is 37.1 Å². The molecule has 0 amide bonds. The Hall–Kier alpha value is -2.04. The van der Waals surface area contributed by atoms with E-state index >= 15 is 0 Å². The number of rotatable bonds is 5. The van der Waals surface area contributed by atoms with Gasteiger partial charge in [0.25, 0.3) is 0 Å². The van der Waals surface area contributed by atoms with Crippen LogP contribution in [-0.2, 0) is 9.53 Å². The lowest BCUT2D eigenvalue weighted by atomic mass is 9.69. The van der Waals surface area contributed by atoms with E-state index in [1.165, 1.54) is 7.11 Å². The zero-order valence-electron chi connectivity index (χ0n) is 10.8.